The number of aromatic nitrogens is 3. The number of H-pyrrole nitrogens is 1. The van der Waals surface area contributed by atoms with Crippen molar-refractivity contribution < 1.29 is 4.79 Å². The van der Waals surface area contributed by atoms with Crippen molar-refractivity contribution in [2.24, 2.45) is 0 Å². The summed E-state index contributed by atoms with van der Waals surface area (Å²) in [5, 5.41) is 15.6. The van der Waals surface area contributed by atoms with Crippen molar-refractivity contribution in [1.82, 2.24) is 15.4 Å². The summed E-state index contributed by atoms with van der Waals surface area (Å²) in [7, 11) is 0. The molecule has 0 radical (unpaired) electrons. The van der Waals surface area contributed by atoms with Crippen molar-refractivity contribution in [3.8, 4) is 0 Å². The van der Waals surface area contributed by atoms with Crippen LogP contribution in [-0.4, -0.2) is 21.3 Å². The molecular formula is C17H11BrN4O. The van der Waals surface area contributed by atoms with Crippen LogP contribution in [0, 0.1) is 0 Å². The summed E-state index contributed by atoms with van der Waals surface area (Å²) in [6.07, 6.45) is 0. The Morgan fingerprint density at radius 1 is 1.00 bits per heavy atom. The Bertz CT molecular complexity index is 1040. The largest absolute Gasteiger partial charge is 0.322 e. The smallest absolute Gasteiger partial charge is 0.255 e. The Kier molecular flexibility index (Phi) is 3.31. The third-order valence-corrected chi connectivity index (χ3v) is 4.36. The molecule has 1 amide bonds. The monoisotopic (exact) mass is 366 g/mol. The maximum atomic E-state index is 12.4. The number of amides is 1. The van der Waals surface area contributed by atoms with Crippen LogP contribution in [0.1, 0.15) is 10.4 Å². The highest BCUT2D eigenvalue weighted by molar-refractivity contribution is 9.10. The number of benzene rings is 3. The van der Waals surface area contributed by atoms with Crippen molar-refractivity contribution in [1.29, 1.82) is 0 Å². The van der Waals surface area contributed by atoms with Crippen molar-refractivity contribution in [2.45, 2.75) is 0 Å². The van der Waals surface area contributed by atoms with Gasteiger partial charge in [0.05, 0.1) is 0 Å². The number of carbonyl (C=O) groups excluding carboxylic acids is 1. The number of rotatable bonds is 2. The zero-order valence-corrected chi connectivity index (χ0v) is 13.5. The number of nitrogens with zero attached hydrogens (tertiary/aromatic N) is 2. The Morgan fingerprint density at radius 3 is 2.78 bits per heavy atom. The molecule has 0 saturated heterocycles. The Morgan fingerprint density at radius 2 is 1.87 bits per heavy atom. The van der Waals surface area contributed by atoms with Gasteiger partial charge in [0.25, 0.3) is 5.91 Å². The predicted molar refractivity (Wildman–Crippen MR) is 93.5 cm³/mol. The lowest BCUT2D eigenvalue weighted by Gasteiger charge is -2.07. The summed E-state index contributed by atoms with van der Waals surface area (Å²) in [6, 6.07) is 17.0. The minimum atomic E-state index is -0.177. The molecular weight excluding hydrogens is 356 g/mol. The molecule has 0 saturated carbocycles. The first kappa shape index (κ1) is 13.9. The molecule has 4 rings (SSSR count). The Hall–Kier alpha value is -2.73. The van der Waals surface area contributed by atoms with Gasteiger partial charge in [0.1, 0.15) is 11.0 Å². The van der Waals surface area contributed by atoms with Gasteiger partial charge in [-0.25, -0.2) is 0 Å². The van der Waals surface area contributed by atoms with E-state index in [0.717, 1.165) is 26.4 Å². The lowest BCUT2D eigenvalue weighted by molar-refractivity contribution is 0.102. The van der Waals surface area contributed by atoms with Gasteiger partial charge in [-0.15, -0.1) is 0 Å². The predicted octanol–water partition coefficient (Wildman–Crippen LogP) is 4.13. The van der Waals surface area contributed by atoms with E-state index in [1.165, 1.54) is 0 Å². The molecule has 23 heavy (non-hydrogen) atoms. The second kappa shape index (κ2) is 5.48. The summed E-state index contributed by atoms with van der Waals surface area (Å²) < 4.78 is 1.03. The van der Waals surface area contributed by atoms with Gasteiger partial charge < -0.3 is 5.32 Å². The van der Waals surface area contributed by atoms with E-state index in [-0.39, 0.29) is 5.91 Å². The molecule has 3 aromatic carbocycles. The second-order valence-electron chi connectivity index (χ2n) is 5.16. The zero-order chi connectivity index (χ0) is 15.8. The molecule has 1 heterocycles. The van der Waals surface area contributed by atoms with Crippen LogP contribution >= 0.6 is 15.9 Å². The molecule has 1 aromatic heterocycles. The van der Waals surface area contributed by atoms with Crippen LogP contribution in [0.5, 0.6) is 0 Å². The fourth-order valence-electron chi connectivity index (χ4n) is 2.51. The SMILES string of the molecule is O=C(Nc1ccc2c(Br)cccc2c1)c1ccc2n[nH]nc2c1. The third-order valence-electron chi connectivity index (χ3n) is 3.66. The topological polar surface area (TPSA) is 70.7 Å². The van der Waals surface area contributed by atoms with Crippen LogP contribution < -0.4 is 5.32 Å². The maximum Gasteiger partial charge on any atom is 0.255 e. The number of fused-ring (bicyclic) bond motifs is 2. The first-order valence-corrected chi connectivity index (χ1v) is 7.80. The number of aromatic amines is 1. The number of nitrogens with one attached hydrogen (secondary N) is 2. The van der Waals surface area contributed by atoms with Crippen molar-refractivity contribution >= 4 is 49.3 Å². The summed E-state index contributed by atoms with van der Waals surface area (Å²) in [5.41, 5.74) is 2.69. The lowest BCUT2D eigenvalue weighted by atomic mass is 10.1. The standard InChI is InChI=1S/C17H11BrN4O/c18-14-3-1-2-10-8-12(5-6-13(10)14)19-17(23)11-4-7-15-16(9-11)21-22-20-15/h1-9H,(H,19,23)(H,20,21,22). The van der Waals surface area contributed by atoms with Crippen LogP contribution in [0.3, 0.4) is 0 Å². The van der Waals surface area contributed by atoms with E-state index >= 15 is 0 Å². The summed E-state index contributed by atoms with van der Waals surface area (Å²) in [4.78, 5) is 12.4. The number of carbonyl (C=O) groups is 1. The van der Waals surface area contributed by atoms with Crippen LogP contribution in [0.15, 0.2) is 59.1 Å². The number of hydrogen-bond acceptors (Lipinski definition) is 3. The van der Waals surface area contributed by atoms with Crippen molar-refractivity contribution in [3.63, 3.8) is 0 Å². The van der Waals surface area contributed by atoms with Crippen LogP contribution in [0.2, 0.25) is 0 Å². The van der Waals surface area contributed by atoms with Gasteiger partial charge in [-0.05, 0) is 47.2 Å². The van der Waals surface area contributed by atoms with Crippen molar-refractivity contribution in [3.05, 3.63) is 64.6 Å². The highest BCUT2D eigenvalue weighted by Crippen LogP contribution is 2.26. The Labute approximate surface area is 139 Å². The molecule has 0 unspecified atom stereocenters. The van der Waals surface area contributed by atoms with Gasteiger partial charge >= 0.3 is 0 Å². The molecule has 0 aliphatic carbocycles. The molecule has 0 aliphatic heterocycles. The highest BCUT2D eigenvalue weighted by Gasteiger charge is 2.09. The average Bonchev–Trinajstić information content (AvgIpc) is 3.02. The van der Waals surface area contributed by atoms with Gasteiger partial charge in [-0.3, -0.25) is 4.79 Å². The molecule has 0 fully saturated rings. The van der Waals surface area contributed by atoms with Gasteiger partial charge in [0, 0.05) is 15.7 Å². The van der Waals surface area contributed by atoms with Crippen LogP contribution in [-0.2, 0) is 0 Å². The molecule has 0 bridgehead atoms. The lowest BCUT2D eigenvalue weighted by Crippen LogP contribution is -2.11. The molecule has 0 atom stereocenters. The van der Waals surface area contributed by atoms with Crippen molar-refractivity contribution in [2.75, 3.05) is 5.32 Å². The minimum absolute atomic E-state index is 0.177. The molecule has 112 valence electrons. The summed E-state index contributed by atoms with van der Waals surface area (Å²) >= 11 is 3.52. The summed E-state index contributed by atoms with van der Waals surface area (Å²) in [5.74, 6) is -0.177. The maximum absolute atomic E-state index is 12.4. The van der Waals surface area contributed by atoms with Gasteiger partial charge in [-0.1, -0.05) is 34.1 Å². The average molecular weight is 367 g/mol. The quantitative estimate of drug-likeness (QED) is 0.560. The van der Waals surface area contributed by atoms with E-state index in [4.69, 9.17) is 0 Å². The van der Waals surface area contributed by atoms with Crippen LogP contribution in [0.4, 0.5) is 5.69 Å². The van der Waals surface area contributed by atoms with Gasteiger partial charge in [0.2, 0.25) is 0 Å². The molecule has 0 spiro atoms. The molecule has 2 N–H and O–H groups in total. The fourth-order valence-corrected chi connectivity index (χ4v) is 3.02. The third kappa shape index (κ3) is 2.57. The number of halogens is 1. The first-order valence-electron chi connectivity index (χ1n) is 7.01. The van der Waals surface area contributed by atoms with E-state index in [2.05, 4.69) is 36.7 Å². The fraction of sp³-hybridized carbons (Fsp3) is 0. The second-order valence-corrected chi connectivity index (χ2v) is 6.01. The van der Waals surface area contributed by atoms with E-state index in [1.54, 1.807) is 18.2 Å². The highest BCUT2D eigenvalue weighted by atomic mass is 79.9. The molecule has 4 aromatic rings. The van der Waals surface area contributed by atoms with E-state index in [0.29, 0.717) is 11.1 Å². The minimum Gasteiger partial charge on any atom is -0.322 e. The van der Waals surface area contributed by atoms with Gasteiger partial charge in [0.15, 0.2) is 0 Å². The first-order chi connectivity index (χ1) is 11.2. The number of hydrogen-bond donors (Lipinski definition) is 2. The summed E-state index contributed by atoms with van der Waals surface area (Å²) in [6.45, 7) is 0. The van der Waals surface area contributed by atoms with E-state index in [1.807, 2.05) is 36.4 Å². The van der Waals surface area contributed by atoms with E-state index < -0.39 is 0 Å². The molecule has 0 aliphatic rings. The van der Waals surface area contributed by atoms with Gasteiger partial charge in [-0.2, -0.15) is 15.4 Å². The molecule has 6 heteroatoms. The number of anilines is 1. The zero-order valence-electron chi connectivity index (χ0n) is 11.9. The van der Waals surface area contributed by atoms with E-state index in [9.17, 15) is 4.79 Å². The van der Waals surface area contributed by atoms with Crippen LogP contribution in [0.25, 0.3) is 21.8 Å². The molecule has 5 nitrogen and oxygen atoms in total. The Balaban J connectivity index is 1.65. The normalized spacial score (nSPS) is 11.0.